The standard InChI is InChI=1S/C25H23N9O2/c1-15(2)30-21-9-24(34-25-18(12-29-34)5-16(10-26)11-28-25)27-13-23(21)33-14-22(31-32-33)17-6-19(35-3)8-20(7-17)36-4/h5-9,11-15H,1-4H3,(H,27,30). The molecule has 36 heavy (non-hydrogen) atoms. The Morgan fingerprint density at radius 3 is 2.44 bits per heavy atom. The lowest BCUT2D eigenvalue weighted by atomic mass is 10.1. The van der Waals surface area contributed by atoms with Crippen LogP contribution in [0.15, 0.2) is 55.1 Å². The van der Waals surface area contributed by atoms with E-state index in [-0.39, 0.29) is 6.04 Å². The van der Waals surface area contributed by atoms with Gasteiger partial charge in [-0.15, -0.1) is 5.10 Å². The molecule has 4 heterocycles. The van der Waals surface area contributed by atoms with Crippen molar-refractivity contribution in [2.24, 2.45) is 0 Å². The number of anilines is 1. The summed E-state index contributed by atoms with van der Waals surface area (Å²) in [6, 6.07) is 11.4. The molecule has 4 aromatic heterocycles. The van der Waals surface area contributed by atoms with Crippen LogP contribution in [0.2, 0.25) is 0 Å². The second kappa shape index (κ2) is 9.34. The molecule has 11 heteroatoms. The van der Waals surface area contributed by atoms with Crippen molar-refractivity contribution in [2.75, 3.05) is 19.5 Å². The Balaban J connectivity index is 1.56. The van der Waals surface area contributed by atoms with Gasteiger partial charge in [0.1, 0.15) is 28.9 Å². The molecule has 11 nitrogen and oxygen atoms in total. The summed E-state index contributed by atoms with van der Waals surface area (Å²) in [5.41, 5.74) is 4.07. The average Bonchev–Trinajstić information content (AvgIpc) is 3.55. The number of hydrogen-bond donors (Lipinski definition) is 1. The van der Waals surface area contributed by atoms with Gasteiger partial charge in [-0.3, -0.25) is 0 Å². The molecule has 0 spiro atoms. The van der Waals surface area contributed by atoms with Gasteiger partial charge in [0.2, 0.25) is 0 Å². The zero-order chi connectivity index (χ0) is 25.2. The van der Waals surface area contributed by atoms with Crippen molar-refractivity contribution in [3.8, 4) is 40.3 Å². The number of pyridine rings is 2. The van der Waals surface area contributed by atoms with E-state index in [2.05, 4.69) is 36.8 Å². The number of rotatable bonds is 7. The van der Waals surface area contributed by atoms with Gasteiger partial charge in [0, 0.05) is 35.3 Å². The highest BCUT2D eigenvalue weighted by Crippen LogP contribution is 2.30. The highest BCUT2D eigenvalue weighted by Gasteiger charge is 2.16. The van der Waals surface area contributed by atoms with Gasteiger partial charge in [-0.2, -0.15) is 15.0 Å². The Morgan fingerprint density at radius 2 is 1.75 bits per heavy atom. The molecule has 180 valence electrons. The predicted molar refractivity (Wildman–Crippen MR) is 134 cm³/mol. The van der Waals surface area contributed by atoms with E-state index in [0.29, 0.717) is 34.2 Å². The van der Waals surface area contributed by atoms with Gasteiger partial charge in [-0.05, 0) is 32.0 Å². The van der Waals surface area contributed by atoms with Crippen LogP contribution in [0.25, 0.3) is 33.8 Å². The summed E-state index contributed by atoms with van der Waals surface area (Å²) in [5, 5.41) is 26.5. The Kier molecular flexibility index (Phi) is 5.92. The molecule has 5 aromatic rings. The molecule has 0 saturated heterocycles. The van der Waals surface area contributed by atoms with Crippen LogP contribution < -0.4 is 14.8 Å². The van der Waals surface area contributed by atoms with Crippen molar-refractivity contribution in [1.82, 2.24) is 34.7 Å². The molecule has 0 aliphatic heterocycles. The zero-order valence-corrected chi connectivity index (χ0v) is 20.2. The molecule has 0 fully saturated rings. The Bertz CT molecular complexity index is 1570. The van der Waals surface area contributed by atoms with Crippen molar-refractivity contribution in [1.29, 1.82) is 5.26 Å². The van der Waals surface area contributed by atoms with E-state index in [9.17, 15) is 0 Å². The van der Waals surface area contributed by atoms with Crippen LogP contribution in [0.4, 0.5) is 5.69 Å². The number of fused-ring (bicyclic) bond motifs is 1. The SMILES string of the molecule is COc1cc(OC)cc(-c2cn(-c3cnc(-n4ncc5cc(C#N)cnc54)cc3NC(C)C)nn2)c1. The van der Waals surface area contributed by atoms with Crippen molar-refractivity contribution >= 4 is 16.7 Å². The zero-order valence-electron chi connectivity index (χ0n) is 20.2. The van der Waals surface area contributed by atoms with Crippen molar-refractivity contribution < 1.29 is 9.47 Å². The number of aromatic nitrogens is 7. The summed E-state index contributed by atoms with van der Waals surface area (Å²) in [4.78, 5) is 9.02. The van der Waals surface area contributed by atoms with Gasteiger partial charge in [-0.25, -0.2) is 14.6 Å². The summed E-state index contributed by atoms with van der Waals surface area (Å²) >= 11 is 0. The molecule has 0 radical (unpaired) electrons. The average molecular weight is 482 g/mol. The molecule has 0 amide bonds. The fourth-order valence-electron chi connectivity index (χ4n) is 3.78. The minimum Gasteiger partial charge on any atom is -0.497 e. The summed E-state index contributed by atoms with van der Waals surface area (Å²) in [5.74, 6) is 1.90. The third kappa shape index (κ3) is 4.27. The molecule has 5 rings (SSSR count). The first-order valence-electron chi connectivity index (χ1n) is 11.2. The molecule has 0 atom stereocenters. The number of nitriles is 1. The lowest BCUT2D eigenvalue weighted by molar-refractivity contribution is 0.394. The monoisotopic (exact) mass is 481 g/mol. The second-order valence-corrected chi connectivity index (χ2v) is 8.31. The molecule has 0 bridgehead atoms. The lowest BCUT2D eigenvalue weighted by Crippen LogP contribution is -2.14. The third-order valence-electron chi connectivity index (χ3n) is 5.45. The van der Waals surface area contributed by atoms with Gasteiger partial charge in [0.25, 0.3) is 0 Å². The van der Waals surface area contributed by atoms with E-state index in [1.54, 1.807) is 48.1 Å². The van der Waals surface area contributed by atoms with Gasteiger partial charge in [0.15, 0.2) is 11.5 Å². The number of ether oxygens (including phenoxy) is 2. The summed E-state index contributed by atoms with van der Waals surface area (Å²) < 4.78 is 14.1. The molecule has 0 aliphatic rings. The molecular formula is C25H23N9O2. The van der Waals surface area contributed by atoms with Crippen LogP contribution in [0.3, 0.4) is 0 Å². The van der Waals surface area contributed by atoms with Gasteiger partial charge < -0.3 is 14.8 Å². The first kappa shape index (κ1) is 22.8. The first-order valence-corrected chi connectivity index (χ1v) is 11.2. The van der Waals surface area contributed by atoms with Crippen LogP contribution in [0.5, 0.6) is 11.5 Å². The summed E-state index contributed by atoms with van der Waals surface area (Å²) in [6.07, 6.45) is 6.72. The van der Waals surface area contributed by atoms with E-state index in [1.165, 1.54) is 6.20 Å². The van der Waals surface area contributed by atoms with Crippen LogP contribution in [0, 0.1) is 11.3 Å². The van der Waals surface area contributed by atoms with Crippen molar-refractivity contribution in [2.45, 2.75) is 19.9 Å². The predicted octanol–water partition coefficient (Wildman–Crippen LogP) is 3.77. The van der Waals surface area contributed by atoms with E-state index < -0.39 is 0 Å². The third-order valence-corrected chi connectivity index (χ3v) is 5.45. The maximum Gasteiger partial charge on any atom is 0.164 e. The minimum atomic E-state index is 0.148. The topological polar surface area (TPSA) is 129 Å². The number of nitrogens with one attached hydrogen (secondary N) is 1. The molecule has 0 unspecified atom stereocenters. The van der Waals surface area contributed by atoms with Crippen LogP contribution in [-0.2, 0) is 0 Å². The van der Waals surface area contributed by atoms with E-state index in [0.717, 1.165) is 22.3 Å². The molecule has 0 aliphatic carbocycles. The molecule has 1 aromatic carbocycles. The normalized spacial score (nSPS) is 11.0. The maximum absolute atomic E-state index is 9.14. The quantitative estimate of drug-likeness (QED) is 0.369. The summed E-state index contributed by atoms with van der Waals surface area (Å²) in [6.45, 7) is 4.10. The smallest absolute Gasteiger partial charge is 0.164 e. The Labute approximate surface area is 206 Å². The van der Waals surface area contributed by atoms with Crippen LogP contribution in [0.1, 0.15) is 19.4 Å². The lowest BCUT2D eigenvalue weighted by Gasteiger charge is -2.15. The highest BCUT2D eigenvalue weighted by atomic mass is 16.5. The van der Waals surface area contributed by atoms with Gasteiger partial charge in [-0.1, -0.05) is 5.21 Å². The maximum atomic E-state index is 9.14. The molecule has 0 saturated carbocycles. The number of benzene rings is 1. The fraction of sp³-hybridized carbons (Fsp3) is 0.200. The van der Waals surface area contributed by atoms with Gasteiger partial charge in [0.05, 0.1) is 44.1 Å². The number of methoxy groups -OCH3 is 2. The minimum absolute atomic E-state index is 0.148. The van der Waals surface area contributed by atoms with Crippen LogP contribution >= 0.6 is 0 Å². The van der Waals surface area contributed by atoms with Gasteiger partial charge >= 0.3 is 0 Å². The number of nitrogens with zero attached hydrogens (tertiary/aromatic N) is 8. The van der Waals surface area contributed by atoms with Crippen molar-refractivity contribution in [3.05, 3.63) is 60.7 Å². The summed E-state index contributed by atoms with van der Waals surface area (Å²) in [7, 11) is 3.21. The molecular weight excluding hydrogens is 458 g/mol. The first-order chi connectivity index (χ1) is 17.5. The number of hydrogen-bond acceptors (Lipinski definition) is 9. The molecule has 1 N–H and O–H groups in total. The largest absolute Gasteiger partial charge is 0.497 e. The van der Waals surface area contributed by atoms with Crippen LogP contribution in [-0.4, -0.2) is 55.0 Å². The van der Waals surface area contributed by atoms with E-state index >= 15 is 0 Å². The van der Waals surface area contributed by atoms with E-state index in [1.807, 2.05) is 38.2 Å². The second-order valence-electron chi connectivity index (χ2n) is 8.31. The van der Waals surface area contributed by atoms with Crippen molar-refractivity contribution in [3.63, 3.8) is 0 Å². The fourth-order valence-corrected chi connectivity index (χ4v) is 3.78. The Hall–Kier alpha value is -4.98. The Morgan fingerprint density at radius 1 is 0.972 bits per heavy atom. The highest BCUT2D eigenvalue weighted by molar-refractivity contribution is 5.77. The van der Waals surface area contributed by atoms with E-state index in [4.69, 9.17) is 14.7 Å².